The van der Waals surface area contributed by atoms with E-state index in [4.69, 9.17) is 0 Å². The first-order valence-corrected chi connectivity index (χ1v) is 12.7. The van der Waals surface area contributed by atoms with Crippen molar-refractivity contribution < 1.29 is 14.4 Å². The molecular formula is C28H22N2O3S. The zero-order valence-electron chi connectivity index (χ0n) is 18.6. The van der Waals surface area contributed by atoms with Crippen LogP contribution in [0.3, 0.4) is 0 Å². The second kappa shape index (κ2) is 6.68. The Labute approximate surface area is 201 Å². The highest BCUT2D eigenvalue weighted by Gasteiger charge is 2.82. The number of rotatable bonds is 1. The lowest BCUT2D eigenvalue weighted by Crippen LogP contribution is -2.60. The maximum atomic E-state index is 14.6. The van der Waals surface area contributed by atoms with Gasteiger partial charge in [-0.3, -0.25) is 19.3 Å². The van der Waals surface area contributed by atoms with E-state index >= 15 is 0 Å². The number of Topliss-reactive ketones (excluding diaryl/α,β-unsaturated/α-hetero) is 2. The van der Waals surface area contributed by atoms with Crippen molar-refractivity contribution in [3.63, 3.8) is 0 Å². The van der Waals surface area contributed by atoms with Gasteiger partial charge in [0.1, 0.15) is 5.41 Å². The number of ketones is 2. The van der Waals surface area contributed by atoms with Gasteiger partial charge >= 0.3 is 0 Å². The fourth-order valence-electron chi connectivity index (χ4n) is 7.13. The van der Waals surface area contributed by atoms with Gasteiger partial charge in [-0.05, 0) is 24.1 Å². The number of nitrogens with one attached hydrogen (secondary N) is 1. The van der Waals surface area contributed by atoms with E-state index < -0.39 is 16.9 Å². The summed E-state index contributed by atoms with van der Waals surface area (Å²) in [5, 5.41) is 3.05. The molecule has 1 amide bonds. The SMILES string of the molecule is Cc1ccccc1[C@H]1[C@@H]2CSCN2[C@@]2(C(=O)Nc3ccccc32)C12C(=O)c1ccccc1C2=O. The van der Waals surface area contributed by atoms with Gasteiger partial charge in [-0.2, -0.15) is 0 Å². The van der Waals surface area contributed by atoms with Gasteiger partial charge in [0, 0.05) is 46.0 Å². The Balaban J connectivity index is 1.64. The molecule has 7 rings (SSSR count). The van der Waals surface area contributed by atoms with Crippen molar-refractivity contribution in [2.45, 2.75) is 24.4 Å². The van der Waals surface area contributed by atoms with Crippen molar-refractivity contribution in [3.8, 4) is 0 Å². The van der Waals surface area contributed by atoms with Gasteiger partial charge in [0.15, 0.2) is 17.1 Å². The quantitative estimate of drug-likeness (QED) is 0.539. The average Bonchev–Trinajstić information content (AvgIpc) is 3.55. The monoisotopic (exact) mass is 466 g/mol. The smallest absolute Gasteiger partial charge is 0.251 e. The topological polar surface area (TPSA) is 66.5 Å². The second-order valence-electron chi connectivity index (χ2n) is 9.59. The number of fused-ring (bicyclic) bond motifs is 6. The van der Waals surface area contributed by atoms with Crippen molar-refractivity contribution in [1.82, 2.24) is 4.90 Å². The number of anilines is 1. The zero-order valence-corrected chi connectivity index (χ0v) is 19.4. The number of amides is 1. The standard InChI is InChI=1S/C28H22N2O3S/c1-16-8-2-3-9-17(16)23-22-14-34-15-30(22)28(20-12-6-7-13-21(20)29-26(28)33)27(23)24(31)18-10-4-5-11-19(18)25(27)32/h2-13,22-23H,14-15H2,1H3,(H,29,33)/t22-,23-,28-/m0/s1. The van der Waals surface area contributed by atoms with Crippen LogP contribution in [0.4, 0.5) is 5.69 Å². The van der Waals surface area contributed by atoms with E-state index in [0.717, 1.165) is 22.4 Å². The zero-order chi connectivity index (χ0) is 23.2. The Morgan fingerprint density at radius 1 is 0.882 bits per heavy atom. The third kappa shape index (κ3) is 2.02. The molecule has 2 fully saturated rings. The largest absolute Gasteiger partial charge is 0.324 e. The molecule has 34 heavy (non-hydrogen) atoms. The van der Waals surface area contributed by atoms with Crippen LogP contribution in [0.15, 0.2) is 72.8 Å². The van der Waals surface area contributed by atoms with Gasteiger partial charge in [0.05, 0.1) is 0 Å². The number of carbonyl (C=O) groups excluding carboxylic acids is 3. The Hall–Kier alpha value is -3.22. The molecule has 4 aliphatic rings. The predicted molar refractivity (Wildman–Crippen MR) is 131 cm³/mol. The third-order valence-electron chi connectivity index (χ3n) is 8.32. The van der Waals surface area contributed by atoms with Crippen LogP contribution in [-0.2, 0) is 10.3 Å². The molecule has 5 nitrogen and oxygen atoms in total. The van der Waals surface area contributed by atoms with E-state index in [0.29, 0.717) is 22.7 Å². The lowest BCUT2D eigenvalue weighted by atomic mass is 9.57. The Morgan fingerprint density at radius 3 is 2.26 bits per heavy atom. The molecule has 0 unspecified atom stereocenters. The molecule has 168 valence electrons. The summed E-state index contributed by atoms with van der Waals surface area (Å²) in [6, 6.07) is 22.5. The van der Waals surface area contributed by atoms with E-state index in [1.807, 2.05) is 55.5 Å². The van der Waals surface area contributed by atoms with E-state index in [1.54, 1.807) is 36.0 Å². The van der Waals surface area contributed by atoms with Crippen LogP contribution in [-0.4, -0.2) is 40.0 Å². The molecule has 2 saturated heterocycles. The molecule has 6 heteroatoms. The first-order chi connectivity index (χ1) is 16.5. The summed E-state index contributed by atoms with van der Waals surface area (Å²) in [5.74, 6) is 0.183. The van der Waals surface area contributed by atoms with E-state index in [9.17, 15) is 14.4 Å². The summed E-state index contributed by atoms with van der Waals surface area (Å²) in [7, 11) is 0. The van der Waals surface area contributed by atoms with Crippen LogP contribution < -0.4 is 5.32 Å². The molecule has 1 N–H and O–H groups in total. The van der Waals surface area contributed by atoms with Gasteiger partial charge in [0.25, 0.3) is 5.91 Å². The summed E-state index contributed by atoms with van der Waals surface area (Å²) in [6.07, 6.45) is 0. The minimum atomic E-state index is -1.56. The summed E-state index contributed by atoms with van der Waals surface area (Å²) < 4.78 is 0. The molecule has 0 radical (unpaired) electrons. The number of hydrogen-bond acceptors (Lipinski definition) is 5. The summed E-state index contributed by atoms with van der Waals surface area (Å²) in [4.78, 5) is 45.6. The molecule has 1 aliphatic carbocycles. The first-order valence-electron chi connectivity index (χ1n) is 11.5. The molecule has 2 spiro atoms. The summed E-state index contributed by atoms with van der Waals surface area (Å²) >= 11 is 1.76. The second-order valence-corrected chi connectivity index (χ2v) is 10.6. The summed E-state index contributed by atoms with van der Waals surface area (Å²) in [5.41, 5.74) is 1.33. The van der Waals surface area contributed by atoms with Crippen LogP contribution in [0, 0.1) is 12.3 Å². The number of para-hydroxylation sites is 1. The third-order valence-corrected chi connectivity index (χ3v) is 9.36. The predicted octanol–water partition coefficient (Wildman–Crippen LogP) is 4.38. The number of carbonyl (C=O) groups is 3. The molecule has 3 atom stereocenters. The molecule has 0 aromatic heterocycles. The van der Waals surface area contributed by atoms with E-state index in [-0.39, 0.29) is 23.5 Å². The molecule has 3 heterocycles. The highest BCUT2D eigenvalue weighted by Crippen LogP contribution is 2.70. The lowest BCUT2D eigenvalue weighted by molar-refractivity contribution is -0.129. The molecule has 0 saturated carbocycles. The van der Waals surface area contributed by atoms with Crippen molar-refractivity contribution in [1.29, 1.82) is 0 Å². The first kappa shape index (κ1) is 20.2. The van der Waals surface area contributed by atoms with Crippen LogP contribution in [0.25, 0.3) is 0 Å². The highest BCUT2D eigenvalue weighted by molar-refractivity contribution is 7.99. The molecular weight excluding hydrogens is 444 g/mol. The van der Waals surface area contributed by atoms with Crippen molar-refractivity contribution in [2.24, 2.45) is 5.41 Å². The minimum Gasteiger partial charge on any atom is -0.324 e. The van der Waals surface area contributed by atoms with Gasteiger partial charge < -0.3 is 5.32 Å². The average molecular weight is 467 g/mol. The Morgan fingerprint density at radius 2 is 1.53 bits per heavy atom. The Kier molecular flexibility index (Phi) is 3.96. The van der Waals surface area contributed by atoms with E-state index in [1.165, 1.54) is 0 Å². The fourth-order valence-corrected chi connectivity index (χ4v) is 8.43. The van der Waals surface area contributed by atoms with Crippen LogP contribution in [0.1, 0.15) is 43.3 Å². The van der Waals surface area contributed by atoms with Gasteiger partial charge in [-0.25, -0.2) is 0 Å². The highest BCUT2D eigenvalue weighted by atomic mass is 32.2. The van der Waals surface area contributed by atoms with Crippen LogP contribution in [0.2, 0.25) is 0 Å². The molecule has 3 aromatic carbocycles. The fraction of sp³-hybridized carbons (Fsp3) is 0.250. The van der Waals surface area contributed by atoms with Gasteiger partial charge in [0.2, 0.25) is 0 Å². The molecule has 0 bridgehead atoms. The number of nitrogens with zero attached hydrogens (tertiary/aromatic N) is 1. The van der Waals surface area contributed by atoms with Crippen LogP contribution in [0.5, 0.6) is 0 Å². The van der Waals surface area contributed by atoms with Gasteiger partial charge in [-0.15, -0.1) is 11.8 Å². The number of thioether (sulfide) groups is 1. The Bertz CT molecular complexity index is 1400. The maximum Gasteiger partial charge on any atom is 0.251 e. The maximum absolute atomic E-state index is 14.6. The summed E-state index contributed by atoms with van der Waals surface area (Å²) in [6.45, 7) is 2.03. The number of aryl methyl sites for hydroxylation is 1. The van der Waals surface area contributed by atoms with Crippen LogP contribution >= 0.6 is 11.8 Å². The van der Waals surface area contributed by atoms with E-state index in [2.05, 4.69) is 10.2 Å². The lowest BCUT2D eigenvalue weighted by Gasteiger charge is -2.42. The number of benzene rings is 3. The molecule has 3 aromatic rings. The minimum absolute atomic E-state index is 0.120. The normalized spacial score (nSPS) is 28.4. The number of hydrogen-bond donors (Lipinski definition) is 1. The van der Waals surface area contributed by atoms with Crippen molar-refractivity contribution in [3.05, 3.63) is 101 Å². The van der Waals surface area contributed by atoms with Gasteiger partial charge in [-0.1, -0.05) is 66.7 Å². The van der Waals surface area contributed by atoms with Crippen molar-refractivity contribution >= 4 is 34.9 Å². The van der Waals surface area contributed by atoms with Crippen molar-refractivity contribution in [2.75, 3.05) is 16.9 Å². The molecule has 3 aliphatic heterocycles.